The Morgan fingerprint density at radius 2 is 2.00 bits per heavy atom. The number of rotatable bonds is 2. The molecule has 1 aromatic rings. The van der Waals surface area contributed by atoms with E-state index in [-0.39, 0.29) is 25.3 Å². The number of aliphatic hydroxyl groups excluding tert-OH is 1. The molecule has 1 amide bonds. The molecule has 140 valence electrons. The average Bonchev–Trinajstić information content (AvgIpc) is 3.15. The second kappa shape index (κ2) is 6.43. The molecule has 4 aliphatic heterocycles. The van der Waals surface area contributed by atoms with Gasteiger partial charge in [-0.25, -0.2) is 0 Å². The Morgan fingerprint density at radius 1 is 1.15 bits per heavy atom. The van der Waals surface area contributed by atoms with Crippen molar-refractivity contribution in [3.05, 3.63) is 23.8 Å². The molecule has 26 heavy (non-hydrogen) atoms. The summed E-state index contributed by atoms with van der Waals surface area (Å²) in [6, 6.07) is 6.16. The number of amides is 1. The maximum atomic E-state index is 13.1. The fourth-order valence-corrected chi connectivity index (χ4v) is 5.54. The molecule has 1 aromatic carbocycles. The lowest BCUT2D eigenvalue weighted by Gasteiger charge is -2.56. The lowest BCUT2D eigenvalue weighted by Crippen LogP contribution is -2.65. The molecule has 2 bridgehead atoms. The van der Waals surface area contributed by atoms with Crippen molar-refractivity contribution in [2.24, 2.45) is 11.8 Å². The second-order valence-electron chi connectivity index (χ2n) is 8.08. The fraction of sp³-hybridized carbons (Fsp3) is 0.650. The van der Waals surface area contributed by atoms with Crippen LogP contribution in [0.2, 0.25) is 0 Å². The summed E-state index contributed by atoms with van der Waals surface area (Å²) in [4.78, 5) is 17.7. The molecule has 0 aromatic heterocycles. The van der Waals surface area contributed by atoms with Crippen molar-refractivity contribution in [3.63, 3.8) is 0 Å². The van der Waals surface area contributed by atoms with Gasteiger partial charge in [-0.2, -0.15) is 0 Å². The molecule has 3 saturated heterocycles. The number of nitrogens with zero attached hydrogens (tertiary/aromatic N) is 2. The van der Waals surface area contributed by atoms with Gasteiger partial charge >= 0.3 is 0 Å². The maximum Gasteiger partial charge on any atom is 0.254 e. The van der Waals surface area contributed by atoms with Crippen molar-refractivity contribution in [2.45, 2.75) is 37.8 Å². The van der Waals surface area contributed by atoms with Gasteiger partial charge in [-0.05, 0) is 55.8 Å². The third kappa shape index (κ3) is 2.58. The van der Waals surface area contributed by atoms with Crippen molar-refractivity contribution in [2.75, 3.05) is 33.0 Å². The number of carbonyl (C=O) groups is 1. The highest BCUT2D eigenvalue weighted by atomic mass is 16.7. The summed E-state index contributed by atoms with van der Waals surface area (Å²) < 4.78 is 10.8. The van der Waals surface area contributed by atoms with Gasteiger partial charge in [-0.3, -0.25) is 9.69 Å². The SMILES string of the molecule is O=C(c1ccc2c(c1)OCO2)N1C[C@H]2C[C@@H](C1)[C@H](CO)N1CCCC[C@@H]21. The number of benzene rings is 1. The van der Waals surface area contributed by atoms with Gasteiger partial charge in [0, 0.05) is 30.7 Å². The number of carbonyl (C=O) groups excluding carboxylic acids is 1. The van der Waals surface area contributed by atoms with Crippen LogP contribution in [-0.2, 0) is 0 Å². The Kier molecular flexibility index (Phi) is 4.05. The number of hydrogen-bond acceptors (Lipinski definition) is 5. The number of ether oxygens (including phenoxy) is 2. The lowest BCUT2D eigenvalue weighted by molar-refractivity contribution is -0.0795. The van der Waals surface area contributed by atoms with E-state index < -0.39 is 0 Å². The van der Waals surface area contributed by atoms with Crippen LogP contribution in [0.15, 0.2) is 18.2 Å². The summed E-state index contributed by atoms with van der Waals surface area (Å²) in [5.74, 6) is 2.31. The molecule has 6 heteroatoms. The molecule has 4 atom stereocenters. The zero-order valence-electron chi connectivity index (χ0n) is 15.0. The van der Waals surface area contributed by atoms with Crippen molar-refractivity contribution in [3.8, 4) is 11.5 Å². The van der Waals surface area contributed by atoms with Crippen LogP contribution in [-0.4, -0.2) is 65.9 Å². The molecule has 1 N–H and O–H groups in total. The van der Waals surface area contributed by atoms with Gasteiger partial charge in [-0.15, -0.1) is 0 Å². The highest BCUT2D eigenvalue weighted by Crippen LogP contribution is 2.41. The summed E-state index contributed by atoms with van der Waals surface area (Å²) in [5.41, 5.74) is 0.662. The van der Waals surface area contributed by atoms with E-state index in [1.807, 2.05) is 17.0 Å². The number of likely N-dealkylation sites (tertiary alicyclic amines) is 1. The van der Waals surface area contributed by atoms with E-state index in [4.69, 9.17) is 9.47 Å². The summed E-state index contributed by atoms with van der Waals surface area (Å²) in [5, 5.41) is 10.0. The van der Waals surface area contributed by atoms with Crippen molar-refractivity contribution in [1.29, 1.82) is 0 Å². The van der Waals surface area contributed by atoms with Crippen LogP contribution in [0.4, 0.5) is 0 Å². The van der Waals surface area contributed by atoms with Crippen LogP contribution < -0.4 is 9.47 Å². The highest BCUT2D eigenvalue weighted by molar-refractivity contribution is 5.95. The topological polar surface area (TPSA) is 62.2 Å². The molecule has 0 aliphatic carbocycles. The standard InChI is InChI=1S/C20H26N2O4/c23-11-17-15-7-14(16-3-1-2-6-22(16)17)9-21(10-15)20(24)13-4-5-18-19(8-13)26-12-25-18/h4-5,8,14-17,23H,1-3,6-7,9-12H2/t14-,15+,16+,17+/m1/s1. The van der Waals surface area contributed by atoms with Gasteiger partial charge in [0.05, 0.1) is 6.61 Å². The summed E-state index contributed by atoms with van der Waals surface area (Å²) in [6.45, 7) is 3.07. The van der Waals surface area contributed by atoms with Crippen LogP contribution in [0.1, 0.15) is 36.0 Å². The van der Waals surface area contributed by atoms with E-state index in [0.29, 0.717) is 34.9 Å². The third-order valence-electron chi connectivity index (χ3n) is 6.72. The molecule has 3 fully saturated rings. The maximum absolute atomic E-state index is 13.1. The van der Waals surface area contributed by atoms with E-state index in [0.717, 1.165) is 26.1 Å². The Bertz CT molecular complexity index is 695. The first-order valence-electron chi connectivity index (χ1n) is 9.80. The van der Waals surface area contributed by atoms with Gasteiger partial charge in [0.25, 0.3) is 5.91 Å². The molecule has 0 saturated carbocycles. The molecule has 6 nitrogen and oxygen atoms in total. The van der Waals surface area contributed by atoms with Crippen LogP contribution in [0.3, 0.4) is 0 Å². The minimum Gasteiger partial charge on any atom is -0.454 e. The predicted octanol–water partition coefficient (Wildman–Crippen LogP) is 1.72. The zero-order valence-corrected chi connectivity index (χ0v) is 15.0. The predicted molar refractivity (Wildman–Crippen MR) is 95.3 cm³/mol. The number of fused-ring (bicyclic) bond motifs is 5. The number of aliphatic hydroxyl groups is 1. The molecule has 0 spiro atoms. The average molecular weight is 358 g/mol. The molecule has 4 heterocycles. The molecule has 5 rings (SSSR count). The van der Waals surface area contributed by atoms with Crippen LogP contribution >= 0.6 is 0 Å². The van der Waals surface area contributed by atoms with Crippen molar-refractivity contribution >= 4 is 5.91 Å². The van der Waals surface area contributed by atoms with E-state index in [2.05, 4.69) is 4.90 Å². The first-order chi connectivity index (χ1) is 12.7. The summed E-state index contributed by atoms with van der Waals surface area (Å²) >= 11 is 0. The fourth-order valence-electron chi connectivity index (χ4n) is 5.54. The van der Waals surface area contributed by atoms with Gasteiger partial charge < -0.3 is 19.5 Å². The quantitative estimate of drug-likeness (QED) is 0.872. The van der Waals surface area contributed by atoms with E-state index >= 15 is 0 Å². The number of piperidine rings is 3. The first kappa shape index (κ1) is 16.4. The Labute approximate surface area is 153 Å². The molecule has 0 unspecified atom stereocenters. The largest absolute Gasteiger partial charge is 0.454 e. The minimum atomic E-state index is 0.0685. The van der Waals surface area contributed by atoms with Gasteiger partial charge in [0.2, 0.25) is 6.79 Å². The van der Waals surface area contributed by atoms with Crippen LogP contribution in [0.25, 0.3) is 0 Å². The van der Waals surface area contributed by atoms with Crippen molar-refractivity contribution < 1.29 is 19.4 Å². The van der Waals surface area contributed by atoms with E-state index in [1.165, 1.54) is 19.3 Å². The van der Waals surface area contributed by atoms with Gasteiger partial charge in [-0.1, -0.05) is 6.42 Å². The molecular formula is C20H26N2O4. The second-order valence-corrected chi connectivity index (χ2v) is 8.08. The third-order valence-corrected chi connectivity index (χ3v) is 6.72. The van der Waals surface area contributed by atoms with E-state index in [1.54, 1.807) is 6.07 Å². The Balaban J connectivity index is 1.38. The molecule has 0 radical (unpaired) electrons. The van der Waals surface area contributed by atoms with Gasteiger partial charge in [0.15, 0.2) is 11.5 Å². The highest BCUT2D eigenvalue weighted by Gasteiger charge is 2.47. The zero-order chi connectivity index (χ0) is 17.7. The van der Waals surface area contributed by atoms with Gasteiger partial charge in [0.1, 0.15) is 0 Å². The van der Waals surface area contributed by atoms with E-state index in [9.17, 15) is 9.90 Å². The minimum absolute atomic E-state index is 0.0685. The monoisotopic (exact) mass is 358 g/mol. The molecule has 4 aliphatic rings. The summed E-state index contributed by atoms with van der Waals surface area (Å²) in [6.07, 6.45) is 4.82. The lowest BCUT2D eigenvalue weighted by atomic mass is 9.72. The number of hydrogen-bond donors (Lipinski definition) is 1. The van der Waals surface area contributed by atoms with Crippen LogP contribution in [0, 0.1) is 11.8 Å². The Hall–Kier alpha value is -1.79. The summed E-state index contributed by atoms with van der Waals surface area (Å²) in [7, 11) is 0. The molecular weight excluding hydrogens is 332 g/mol. The normalized spacial score (nSPS) is 33.0. The van der Waals surface area contributed by atoms with Crippen LogP contribution in [0.5, 0.6) is 11.5 Å². The Morgan fingerprint density at radius 3 is 2.88 bits per heavy atom. The smallest absolute Gasteiger partial charge is 0.254 e. The van der Waals surface area contributed by atoms with Crippen molar-refractivity contribution in [1.82, 2.24) is 9.80 Å². The first-order valence-corrected chi connectivity index (χ1v) is 9.80.